The molecule has 0 atom stereocenters. The molecule has 1 saturated carbocycles. The van der Waals surface area contributed by atoms with Gasteiger partial charge in [-0.1, -0.05) is 12.8 Å². The summed E-state index contributed by atoms with van der Waals surface area (Å²) in [5.41, 5.74) is 0. The first-order valence-corrected chi connectivity index (χ1v) is 8.52. The van der Waals surface area contributed by atoms with Crippen molar-refractivity contribution in [3.05, 3.63) is 20.8 Å². The van der Waals surface area contributed by atoms with E-state index in [4.69, 9.17) is 0 Å². The molecule has 0 saturated heterocycles. The molecule has 0 amide bonds. The molecule has 1 aromatic heterocycles. The van der Waals surface area contributed by atoms with Crippen LogP contribution in [0.25, 0.3) is 0 Å². The standard InChI is InChI=1S/C10H14BrNO2S2/c11-9-5-6-15-10(9)7-12-16(13,14)8-3-1-2-4-8/h5-6,8,12H,1-4,7H2. The van der Waals surface area contributed by atoms with E-state index >= 15 is 0 Å². The second kappa shape index (κ2) is 5.16. The van der Waals surface area contributed by atoms with E-state index in [1.807, 2.05) is 11.4 Å². The van der Waals surface area contributed by atoms with Crippen LogP contribution in [0.4, 0.5) is 0 Å². The zero-order valence-electron chi connectivity index (χ0n) is 8.78. The molecule has 1 heterocycles. The highest BCUT2D eigenvalue weighted by Crippen LogP contribution is 2.26. The van der Waals surface area contributed by atoms with Gasteiger partial charge in [0.2, 0.25) is 10.0 Å². The molecule has 90 valence electrons. The van der Waals surface area contributed by atoms with E-state index in [-0.39, 0.29) is 5.25 Å². The number of hydrogen-bond donors (Lipinski definition) is 1. The monoisotopic (exact) mass is 323 g/mol. The average molecular weight is 324 g/mol. The number of rotatable bonds is 4. The van der Waals surface area contributed by atoms with Crippen molar-refractivity contribution >= 4 is 37.3 Å². The number of halogens is 1. The topological polar surface area (TPSA) is 46.2 Å². The fourth-order valence-corrected chi connectivity index (χ4v) is 4.99. The summed E-state index contributed by atoms with van der Waals surface area (Å²) in [6.45, 7) is 0.400. The lowest BCUT2D eigenvalue weighted by molar-refractivity contribution is 0.564. The van der Waals surface area contributed by atoms with Gasteiger partial charge in [-0.25, -0.2) is 13.1 Å². The van der Waals surface area contributed by atoms with Gasteiger partial charge >= 0.3 is 0 Å². The molecule has 1 aromatic rings. The number of nitrogens with one attached hydrogen (secondary N) is 1. The maximum Gasteiger partial charge on any atom is 0.214 e. The summed E-state index contributed by atoms with van der Waals surface area (Å²) in [6.07, 6.45) is 3.68. The Morgan fingerprint density at radius 1 is 1.44 bits per heavy atom. The first-order valence-electron chi connectivity index (χ1n) is 5.30. The van der Waals surface area contributed by atoms with Gasteiger partial charge in [-0.3, -0.25) is 0 Å². The van der Waals surface area contributed by atoms with Crippen molar-refractivity contribution in [1.29, 1.82) is 0 Å². The summed E-state index contributed by atoms with van der Waals surface area (Å²) in [7, 11) is -3.12. The minimum atomic E-state index is -3.12. The third kappa shape index (κ3) is 2.85. The van der Waals surface area contributed by atoms with Crippen LogP contribution in [0.1, 0.15) is 30.6 Å². The largest absolute Gasteiger partial charge is 0.214 e. The summed E-state index contributed by atoms with van der Waals surface area (Å²) in [6, 6.07) is 1.93. The van der Waals surface area contributed by atoms with Crippen molar-refractivity contribution in [3.8, 4) is 0 Å². The highest BCUT2D eigenvalue weighted by Gasteiger charge is 2.28. The third-order valence-electron chi connectivity index (χ3n) is 2.87. The van der Waals surface area contributed by atoms with Gasteiger partial charge < -0.3 is 0 Å². The summed E-state index contributed by atoms with van der Waals surface area (Å²) in [5.74, 6) is 0. The van der Waals surface area contributed by atoms with Crippen molar-refractivity contribution in [1.82, 2.24) is 4.72 Å². The molecule has 2 rings (SSSR count). The molecule has 1 N–H and O–H groups in total. The molecule has 3 nitrogen and oxygen atoms in total. The highest BCUT2D eigenvalue weighted by atomic mass is 79.9. The molecule has 6 heteroatoms. The van der Waals surface area contributed by atoms with Crippen molar-refractivity contribution in [3.63, 3.8) is 0 Å². The van der Waals surface area contributed by atoms with Crippen molar-refractivity contribution in [2.75, 3.05) is 0 Å². The van der Waals surface area contributed by atoms with E-state index < -0.39 is 10.0 Å². The van der Waals surface area contributed by atoms with Crippen LogP contribution in [0.5, 0.6) is 0 Å². The van der Waals surface area contributed by atoms with E-state index in [9.17, 15) is 8.42 Å². The van der Waals surface area contributed by atoms with Crippen molar-refractivity contribution < 1.29 is 8.42 Å². The predicted octanol–water partition coefficient (Wildman–Crippen LogP) is 2.87. The molecule has 0 spiro atoms. The normalized spacial score (nSPS) is 18.1. The van der Waals surface area contributed by atoms with Crippen LogP contribution < -0.4 is 4.72 Å². The Morgan fingerprint density at radius 3 is 2.69 bits per heavy atom. The first-order chi connectivity index (χ1) is 7.59. The molecule has 1 aliphatic rings. The molecule has 1 fully saturated rings. The Morgan fingerprint density at radius 2 is 2.12 bits per heavy atom. The lowest BCUT2D eigenvalue weighted by atomic mass is 10.4. The fourth-order valence-electron chi connectivity index (χ4n) is 1.93. The van der Waals surface area contributed by atoms with Gasteiger partial charge in [-0.15, -0.1) is 11.3 Å². The molecule has 0 radical (unpaired) electrons. The van der Waals surface area contributed by atoms with E-state index in [2.05, 4.69) is 20.7 Å². The Bertz CT molecular complexity index is 449. The number of sulfonamides is 1. The van der Waals surface area contributed by atoms with Gasteiger partial charge in [0, 0.05) is 15.9 Å². The van der Waals surface area contributed by atoms with Crippen LogP contribution in [0.15, 0.2) is 15.9 Å². The number of thiophene rings is 1. The maximum absolute atomic E-state index is 11.9. The van der Waals surface area contributed by atoms with E-state index in [0.29, 0.717) is 6.54 Å². The van der Waals surface area contributed by atoms with Crippen LogP contribution in [0, 0.1) is 0 Å². The predicted molar refractivity (Wildman–Crippen MR) is 70.0 cm³/mol. The minimum Gasteiger partial charge on any atom is -0.212 e. The maximum atomic E-state index is 11.9. The van der Waals surface area contributed by atoms with Crippen LogP contribution >= 0.6 is 27.3 Å². The Labute approximate surface area is 108 Å². The summed E-state index contributed by atoms with van der Waals surface area (Å²) < 4.78 is 27.5. The first kappa shape index (κ1) is 12.5. The molecule has 0 unspecified atom stereocenters. The van der Waals surface area contributed by atoms with Gasteiger partial charge in [0.15, 0.2) is 0 Å². The average Bonchev–Trinajstić information content (AvgIpc) is 2.85. The SMILES string of the molecule is O=S(=O)(NCc1sccc1Br)C1CCCC1. The fraction of sp³-hybridized carbons (Fsp3) is 0.600. The second-order valence-electron chi connectivity index (χ2n) is 3.96. The summed E-state index contributed by atoms with van der Waals surface area (Å²) in [5, 5.41) is 1.77. The lowest BCUT2D eigenvalue weighted by Gasteiger charge is -2.11. The second-order valence-corrected chi connectivity index (χ2v) is 7.86. The smallest absolute Gasteiger partial charge is 0.212 e. The molecular weight excluding hydrogens is 310 g/mol. The zero-order valence-corrected chi connectivity index (χ0v) is 12.0. The Hall–Kier alpha value is 0.0900. The molecular formula is C10H14BrNO2S2. The number of hydrogen-bond acceptors (Lipinski definition) is 3. The third-order valence-corrected chi connectivity index (χ3v) is 6.69. The van der Waals surface area contributed by atoms with E-state index in [1.54, 1.807) is 11.3 Å². The van der Waals surface area contributed by atoms with Gasteiger partial charge in [0.25, 0.3) is 0 Å². The minimum absolute atomic E-state index is 0.175. The summed E-state index contributed by atoms with van der Waals surface area (Å²) >= 11 is 4.95. The summed E-state index contributed by atoms with van der Waals surface area (Å²) in [4.78, 5) is 1.03. The van der Waals surface area contributed by atoms with Gasteiger partial charge in [0.1, 0.15) is 0 Å². The molecule has 0 aliphatic heterocycles. The van der Waals surface area contributed by atoms with Crippen LogP contribution in [-0.4, -0.2) is 13.7 Å². The van der Waals surface area contributed by atoms with Gasteiger partial charge in [-0.05, 0) is 40.2 Å². The lowest BCUT2D eigenvalue weighted by Crippen LogP contribution is -2.32. The Balaban J connectivity index is 1.97. The van der Waals surface area contributed by atoms with Crippen LogP contribution in [-0.2, 0) is 16.6 Å². The van der Waals surface area contributed by atoms with Crippen molar-refractivity contribution in [2.45, 2.75) is 37.5 Å². The van der Waals surface area contributed by atoms with Crippen molar-refractivity contribution in [2.24, 2.45) is 0 Å². The van der Waals surface area contributed by atoms with Crippen LogP contribution in [0.3, 0.4) is 0 Å². The van der Waals surface area contributed by atoms with Gasteiger partial charge in [0.05, 0.1) is 5.25 Å². The zero-order chi connectivity index (χ0) is 11.6. The van der Waals surface area contributed by atoms with Gasteiger partial charge in [-0.2, -0.15) is 0 Å². The Kier molecular flexibility index (Phi) is 4.05. The molecule has 0 bridgehead atoms. The molecule has 1 aliphatic carbocycles. The quantitative estimate of drug-likeness (QED) is 0.926. The van der Waals surface area contributed by atoms with E-state index in [1.165, 1.54) is 0 Å². The molecule has 0 aromatic carbocycles. The van der Waals surface area contributed by atoms with Crippen LogP contribution in [0.2, 0.25) is 0 Å². The highest BCUT2D eigenvalue weighted by molar-refractivity contribution is 9.10. The van der Waals surface area contributed by atoms with E-state index in [0.717, 1.165) is 35.0 Å². The molecule has 16 heavy (non-hydrogen) atoms.